The lowest BCUT2D eigenvalue weighted by Gasteiger charge is -1.97. The van der Waals surface area contributed by atoms with Crippen molar-refractivity contribution in [2.45, 2.75) is 42.5 Å². The molecule has 0 unspecified atom stereocenters. The summed E-state index contributed by atoms with van der Waals surface area (Å²) in [6.45, 7) is 7.37. The van der Waals surface area contributed by atoms with E-state index in [0.29, 0.717) is 5.71 Å². The van der Waals surface area contributed by atoms with E-state index in [1.54, 1.807) is 13.8 Å². The third kappa shape index (κ3) is 7.96. The monoisotopic (exact) mass is 315 g/mol. The normalized spacial score (nSPS) is 9.65. The minimum Gasteiger partial charge on any atom is -0.411 e. The molecule has 0 radical (unpaired) electrons. The standard InChI is InChI=1S/C9H11NO.C9H10O.2CH4/c1-7-3-5-9(6-4-7)8(2)10-11;1-7-3-5-9(6-4-7)8(2)10;;/h3-6,11H,1-2H3;3-6H,1-2H3;2*1H4/b10-8-;;;. The first-order valence-corrected chi connectivity index (χ1v) is 6.77. The summed E-state index contributed by atoms with van der Waals surface area (Å²) < 4.78 is 0. The molecule has 2 aromatic rings. The highest BCUT2D eigenvalue weighted by atomic mass is 16.4. The van der Waals surface area contributed by atoms with Crippen LogP contribution in [-0.4, -0.2) is 16.7 Å². The van der Waals surface area contributed by atoms with Gasteiger partial charge in [0.15, 0.2) is 5.78 Å². The number of rotatable bonds is 2. The summed E-state index contributed by atoms with van der Waals surface area (Å²) in [6.07, 6.45) is 0. The number of aryl methyl sites for hydroxylation is 2. The first kappa shape index (κ1) is 22.9. The molecule has 2 aromatic carbocycles. The van der Waals surface area contributed by atoms with Crippen LogP contribution in [0.25, 0.3) is 0 Å². The Labute approximate surface area is 140 Å². The van der Waals surface area contributed by atoms with Crippen molar-refractivity contribution in [1.29, 1.82) is 0 Å². The largest absolute Gasteiger partial charge is 0.411 e. The number of oxime groups is 1. The van der Waals surface area contributed by atoms with E-state index in [9.17, 15) is 4.79 Å². The van der Waals surface area contributed by atoms with Gasteiger partial charge in [-0.05, 0) is 33.3 Å². The zero-order chi connectivity index (χ0) is 15.8. The molecule has 126 valence electrons. The highest BCUT2D eigenvalue weighted by Gasteiger charge is 1.95. The van der Waals surface area contributed by atoms with Crippen LogP contribution in [0.5, 0.6) is 0 Å². The summed E-state index contributed by atoms with van der Waals surface area (Å²) in [5.74, 6) is 0.125. The number of nitrogens with zero attached hydrogens (tertiary/aromatic N) is 1. The smallest absolute Gasteiger partial charge is 0.159 e. The maximum Gasteiger partial charge on any atom is 0.159 e. The third-order valence-electron chi connectivity index (χ3n) is 3.08. The Bertz CT molecular complexity index is 611. The van der Waals surface area contributed by atoms with Crippen LogP contribution in [0.3, 0.4) is 0 Å². The van der Waals surface area contributed by atoms with Crippen molar-refractivity contribution < 1.29 is 10.0 Å². The zero-order valence-electron chi connectivity index (χ0n) is 12.9. The van der Waals surface area contributed by atoms with Crippen molar-refractivity contribution >= 4 is 11.5 Å². The number of Topliss-reactive ketones (excluding diaryl/α,β-unsaturated/α-hetero) is 1. The van der Waals surface area contributed by atoms with Crippen molar-refractivity contribution in [3.05, 3.63) is 70.8 Å². The highest BCUT2D eigenvalue weighted by Crippen LogP contribution is 2.04. The number of benzene rings is 2. The minimum atomic E-state index is 0. The van der Waals surface area contributed by atoms with Crippen molar-refractivity contribution in [3.8, 4) is 0 Å². The predicted molar refractivity (Wildman–Crippen MR) is 99.8 cm³/mol. The van der Waals surface area contributed by atoms with Crippen LogP contribution < -0.4 is 0 Å². The van der Waals surface area contributed by atoms with E-state index in [0.717, 1.165) is 11.1 Å². The van der Waals surface area contributed by atoms with E-state index < -0.39 is 0 Å². The van der Waals surface area contributed by atoms with Crippen LogP contribution in [-0.2, 0) is 0 Å². The van der Waals surface area contributed by atoms with Crippen LogP contribution in [0.4, 0.5) is 0 Å². The van der Waals surface area contributed by atoms with Crippen LogP contribution in [0, 0.1) is 13.8 Å². The topological polar surface area (TPSA) is 49.7 Å². The molecule has 3 nitrogen and oxygen atoms in total. The van der Waals surface area contributed by atoms with E-state index in [-0.39, 0.29) is 20.6 Å². The molecule has 0 aliphatic carbocycles. The summed E-state index contributed by atoms with van der Waals surface area (Å²) in [5.41, 5.74) is 4.78. The van der Waals surface area contributed by atoms with Gasteiger partial charge in [-0.1, -0.05) is 79.7 Å². The molecular formula is C20H29NO2. The average Bonchev–Trinajstić information content (AvgIpc) is 2.48. The molecule has 0 fully saturated rings. The van der Waals surface area contributed by atoms with Gasteiger partial charge in [-0.3, -0.25) is 4.79 Å². The second-order valence-corrected chi connectivity index (χ2v) is 4.97. The lowest BCUT2D eigenvalue weighted by Crippen LogP contribution is -1.93. The van der Waals surface area contributed by atoms with E-state index in [1.807, 2.05) is 62.4 Å². The van der Waals surface area contributed by atoms with E-state index in [2.05, 4.69) is 5.16 Å². The average molecular weight is 315 g/mol. The van der Waals surface area contributed by atoms with Crippen LogP contribution in [0.1, 0.15) is 55.7 Å². The molecule has 0 amide bonds. The van der Waals surface area contributed by atoms with Gasteiger partial charge >= 0.3 is 0 Å². The van der Waals surface area contributed by atoms with Gasteiger partial charge < -0.3 is 5.21 Å². The van der Waals surface area contributed by atoms with Crippen molar-refractivity contribution in [2.75, 3.05) is 0 Å². The predicted octanol–water partition coefficient (Wildman–Crippen LogP) is 5.66. The Balaban J connectivity index is 0. The van der Waals surface area contributed by atoms with Crippen LogP contribution >= 0.6 is 0 Å². The first-order valence-electron chi connectivity index (χ1n) is 6.77. The van der Waals surface area contributed by atoms with Gasteiger partial charge in [-0.15, -0.1) is 0 Å². The molecule has 0 aliphatic heterocycles. The summed E-state index contributed by atoms with van der Waals surface area (Å²) in [4.78, 5) is 10.8. The molecule has 0 bridgehead atoms. The molecule has 0 aromatic heterocycles. The molecule has 0 spiro atoms. The number of hydrogen-bond acceptors (Lipinski definition) is 3. The summed E-state index contributed by atoms with van der Waals surface area (Å²) in [7, 11) is 0. The molecule has 23 heavy (non-hydrogen) atoms. The first-order chi connectivity index (χ1) is 9.93. The van der Waals surface area contributed by atoms with Gasteiger partial charge in [0.2, 0.25) is 0 Å². The van der Waals surface area contributed by atoms with E-state index >= 15 is 0 Å². The SMILES string of the molecule is C.C.C/C(=N/O)c1ccc(C)cc1.CC(=O)c1ccc(C)cc1. The van der Waals surface area contributed by atoms with Gasteiger partial charge in [-0.25, -0.2) is 0 Å². The van der Waals surface area contributed by atoms with E-state index in [4.69, 9.17) is 5.21 Å². The fraction of sp³-hybridized carbons (Fsp3) is 0.300. The molecule has 3 heteroatoms. The van der Waals surface area contributed by atoms with Gasteiger partial charge in [0.05, 0.1) is 5.71 Å². The molecular weight excluding hydrogens is 286 g/mol. The summed E-state index contributed by atoms with van der Waals surface area (Å²) >= 11 is 0. The number of hydrogen-bond donors (Lipinski definition) is 1. The minimum absolute atomic E-state index is 0. The molecule has 0 saturated carbocycles. The summed E-state index contributed by atoms with van der Waals surface area (Å²) in [5, 5.41) is 11.6. The Hall–Kier alpha value is -2.42. The maximum absolute atomic E-state index is 10.8. The molecule has 0 saturated heterocycles. The van der Waals surface area contributed by atoms with Crippen LogP contribution in [0.2, 0.25) is 0 Å². The third-order valence-corrected chi connectivity index (χ3v) is 3.08. The number of ketones is 1. The quantitative estimate of drug-likeness (QED) is 0.336. The van der Waals surface area contributed by atoms with Crippen molar-refractivity contribution in [1.82, 2.24) is 0 Å². The summed E-state index contributed by atoms with van der Waals surface area (Å²) in [6, 6.07) is 15.4. The van der Waals surface area contributed by atoms with Crippen molar-refractivity contribution in [2.24, 2.45) is 5.16 Å². The molecule has 0 heterocycles. The van der Waals surface area contributed by atoms with Gasteiger partial charge in [0, 0.05) is 5.56 Å². The lowest BCUT2D eigenvalue weighted by atomic mass is 10.1. The van der Waals surface area contributed by atoms with E-state index in [1.165, 1.54) is 11.1 Å². The molecule has 0 atom stereocenters. The Kier molecular flexibility index (Phi) is 11.1. The molecule has 2 rings (SSSR count). The number of carbonyl (C=O) groups excluding carboxylic acids is 1. The zero-order valence-corrected chi connectivity index (χ0v) is 12.9. The van der Waals surface area contributed by atoms with Crippen LogP contribution in [0.15, 0.2) is 53.7 Å². The Morgan fingerprint density at radius 1 is 0.783 bits per heavy atom. The van der Waals surface area contributed by atoms with Crippen molar-refractivity contribution in [3.63, 3.8) is 0 Å². The van der Waals surface area contributed by atoms with Gasteiger partial charge in [0.1, 0.15) is 0 Å². The Morgan fingerprint density at radius 2 is 1.13 bits per heavy atom. The lowest BCUT2D eigenvalue weighted by molar-refractivity contribution is 0.101. The fourth-order valence-electron chi connectivity index (χ4n) is 1.64. The maximum atomic E-state index is 10.8. The molecule has 1 N–H and O–H groups in total. The highest BCUT2D eigenvalue weighted by molar-refractivity contribution is 5.98. The fourth-order valence-corrected chi connectivity index (χ4v) is 1.64. The van der Waals surface area contributed by atoms with Gasteiger partial charge in [-0.2, -0.15) is 0 Å². The Morgan fingerprint density at radius 3 is 1.43 bits per heavy atom. The van der Waals surface area contributed by atoms with Gasteiger partial charge in [0.25, 0.3) is 0 Å². The number of carbonyl (C=O) groups is 1. The second-order valence-electron chi connectivity index (χ2n) is 4.97. The molecule has 0 aliphatic rings. The second kappa shape index (κ2) is 11.2.